The Labute approximate surface area is 128 Å². The highest BCUT2D eigenvalue weighted by Crippen LogP contribution is 2.21. The summed E-state index contributed by atoms with van der Waals surface area (Å²) < 4.78 is 4.84. The van der Waals surface area contributed by atoms with Gasteiger partial charge in [0.05, 0.1) is 11.1 Å². The van der Waals surface area contributed by atoms with Gasteiger partial charge in [0, 0.05) is 6.20 Å². The number of amides is 1. The maximum atomic E-state index is 11.7. The zero-order valence-electron chi connectivity index (χ0n) is 10.5. The van der Waals surface area contributed by atoms with Crippen LogP contribution < -0.4 is 5.32 Å². The minimum absolute atomic E-state index is 0.195. The van der Waals surface area contributed by atoms with Gasteiger partial charge in [-0.15, -0.1) is 11.3 Å². The summed E-state index contributed by atoms with van der Waals surface area (Å²) in [5.74, 6) is -1.20. The standard InChI is InChI=1S/C13H8ClN3O3S/c14-10-2-1-9(6-16-10)13(19)20-7-11(18)17-12-8(5-15)3-4-21-12/h1-4,6H,7H2,(H,17,18). The van der Waals surface area contributed by atoms with Crippen LogP contribution in [-0.2, 0) is 9.53 Å². The van der Waals surface area contributed by atoms with Crippen LogP contribution in [0.15, 0.2) is 29.8 Å². The zero-order valence-corrected chi connectivity index (χ0v) is 12.1. The van der Waals surface area contributed by atoms with E-state index in [0.717, 1.165) is 0 Å². The lowest BCUT2D eigenvalue weighted by Gasteiger charge is -2.05. The number of hydrogen-bond acceptors (Lipinski definition) is 6. The first kappa shape index (κ1) is 15.0. The quantitative estimate of drug-likeness (QED) is 0.689. The summed E-state index contributed by atoms with van der Waals surface area (Å²) in [6.07, 6.45) is 1.26. The maximum absolute atomic E-state index is 11.7. The average Bonchev–Trinajstić information content (AvgIpc) is 2.92. The molecule has 1 amide bonds. The van der Waals surface area contributed by atoms with Crippen molar-refractivity contribution in [1.82, 2.24) is 4.98 Å². The number of anilines is 1. The third kappa shape index (κ3) is 4.02. The Hall–Kier alpha value is -2.43. The Morgan fingerprint density at radius 2 is 2.24 bits per heavy atom. The number of nitrogens with zero attached hydrogens (tertiary/aromatic N) is 2. The van der Waals surface area contributed by atoms with Crippen molar-refractivity contribution in [2.45, 2.75) is 0 Å². The van der Waals surface area contributed by atoms with Crippen molar-refractivity contribution in [2.75, 3.05) is 11.9 Å². The Kier molecular flexibility index (Phi) is 4.87. The van der Waals surface area contributed by atoms with Crippen LogP contribution in [0.3, 0.4) is 0 Å². The topological polar surface area (TPSA) is 92.1 Å². The molecule has 8 heteroatoms. The molecule has 0 spiro atoms. The van der Waals surface area contributed by atoms with Crippen LogP contribution in [0.5, 0.6) is 0 Å². The molecule has 0 aliphatic rings. The largest absolute Gasteiger partial charge is 0.452 e. The molecule has 0 unspecified atom stereocenters. The van der Waals surface area contributed by atoms with E-state index in [0.29, 0.717) is 10.6 Å². The smallest absolute Gasteiger partial charge is 0.340 e. The summed E-state index contributed by atoms with van der Waals surface area (Å²) in [4.78, 5) is 27.0. The molecule has 0 aliphatic heterocycles. The second-order valence-corrected chi connectivity index (χ2v) is 5.07. The van der Waals surface area contributed by atoms with Gasteiger partial charge in [0.1, 0.15) is 16.2 Å². The highest BCUT2D eigenvalue weighted by Gasteiger charge is 2.12. The molecule has 1 N–H and O–H groups in total. The van der Waals surface area contributed by atoms with Crippen LogP contribution in [0.1, 0.15) is 15.9 Å². The SMILES string of the molecule is N#Cc1ccsc1NC(=O)COC(=O)c1ccc(Cl)nc1. The van der Waals surface area contributed by atoms with Gasteiger partial charge < -0.3 is 10.1 Å². The van der Waals surface area contributed by atoms with Crippen molar-refractivity contribution >= 4 is 39.8 Å². The number of nitrogens with one attached hydrogen (secondary N) is 1. The van der Waals surface area contributed by atoms with E-state index in [2.05, 4.69) is 10.3 Å². The molecule has 0 radical (unpaired) electrons. The molecule has 2 aromatic heterocycles. The number of rotatable bonds is 4. The molecule has 2 aromatic rings. The molecular weight excluding hydrogens is 314 g/mol. The van der Waals surface area contributed by atoms with Crippen molar-refractivity contribution < 1.29 is 14.3 Å². The second-order valence-electron chi connectivity index (χ2n) is 3.77. The first-order chi connectivity index (χ1) is 10.1. The molecule has 6 nitrogen and oxygen atoms in total. The van der Waals surface area contributed by atoms with Crippen LogP contribution in [0.4, 0.5) is 5.00 Å². The molecule has 0 fully saturated rings. The predicted molar refractivity (Wildman–Crippen MR) is 77.2 cm³/mol. The number of ether oxygens (including phenoxy) is 1. The lowest BCUT2D eigenvalue weighted by molar-refractivity contribution is -0.119. The number of carbonyl (C=O) groups is 2. The van der Waals surface area contributed by atoms with Crippen LogP contribution in [0, 0.1) is 11.3 Å². The molecule has 0 atom stereocenters. The van der Waals surface area contributed by atoms with E-state index >= 15 is 0 Å². The van der Waals surface area contributed by atoms with E-state index in [1.807, 2.05) is 6.07 Å². The molecule has 21 heavy (non-hydrogen) atoms. The van der Waals surface area contributed by atoms with Crippen molar-refractivity contribution in [3.05, 3.63) is 46.1 Å². The van der Waals surface area contributed by atoms with Gasteiger partial charge in [-0.2, -0.15) is 5.26 Å². The number of hydrogen-bond donors (Lipinski definition) is 1. The molecule has 0 bridgehead atoms. The Balaban J connectivity index is 1.88. The fraction of sp³-hybridized carbons (Fsp3) is 0.0769. The first-order valence-corrected chi connectivity index (χ1v) is 6.92. The van der Waals surface area contributed by atoms with Crippen LogP contribution in [0.25, 0.3) is 0 Å². The van der Waals surface area contributed by atoms with Gasteiger partial charge >= 0.3 is 5.97 Å². The fourth-order valence-electron chi connectivity index (χ4n) is 1.37. The van der Waals surface area contributed by atoms with E-state index in [1.54, 1.807) is 11.4 Å². The number of halogens is 1. The highest BCUT2D eigenvalue weighted by molar-refractivity contribution is 7.14. The number of aromatic nitrogens is 1. The van der Waals surface area contributed by atoms with Crippen molar-refractivity contribution in [1.29, 1.82) is 5.26 Å². The van der Waals surface area contributed by atoms with Gasteiger partial charge in [0.25, 0.3) is 5.91 Å². The van der Waals surface area contributed by atoms with Gasteiger partial charge in [-0.25, -0.2) is 9.78 Å². The third-order valence-electron chi connectivity index (χ3n) is 2.34. The minimum atomic E-state index is -0.680. The van der Waals surface area contributed by atoms with Crippen molar-refractivity contribution in [2.24, 2.45) is 0 Å². The lowest BCUT2D eigenvalue weighted by atomic mass is 10.3. The molecule has 2 heterocycles. The number of nitriles is 1. The number of pyridine rings is 1. The minimum Gasteiger partial charge on any atom is -0.452 e. The van der Waals surface area contributed by atoms with Gasteiger partial charge in [0.15, 0.2) is 6.61 Å². The predicted octanol–water partition coefficient (Wildman–Crippen LogP) is 2.46. The molecule has 0 saturated heterocycles. The van der Waals surface area contributed by atoms with E-state index in [1.165, 1.54) is 29.7 Å². The fourth-order valence-corrected chi connectivity index (χ4v) is 2.23. The summed E-state index contributed by atoms with van der Waals surface area (Å²) in [6.45, 7) is -0.454. The Morgan fingerprint density at radius 1 is 1.43 bits per heavy atom. The summed E-state index contributed by atoms with van der Waals surface area (Å²) >= 11 is 6.81. The average molecular weight is 322 g/mol. The van der Waals surface area contributed by atoms with E-state index < -0.39 is 18.5 Å². The molecule has 106 valence electrons. The molecular formula is C13H8ClN3O3S. The highest BCUT2D eigenvalue weighted by atomic mass is 35.5. The normalized spacial score (nSPS) is 9.71. The van der Waals surface area contributed by atoms with Gasteiger partial charge in [-0.1, -0.05) is 11.6 Å². The third-order valence-corrected chi connectivity index (χ3v) is 3.39. The monoisotopic (exact) mass is 321 g/mol. The van der Waals surface area contributed by atoms with Gasteiger partial charge in [-0.3, -0.25) is 4.79 Å². The molecule has 0 saturated carbocycles. The van der Waals surface area contributed by atoms with Gasteiger partial charge in [0.2, 0.25) is 0 Å². The van der Waals surface area contributed by atoms with E-state index in [-0.39, 0.29) is 10.7 Å². The van der Waals surface area contributed by atoms with E-state index in [9.17, 15) is 9.59 Å². The summed E-state index contributed by atoms with van der Waals surface area (Å²) in [7, 11) is 0. The van der Waals surface area contributed by atoms with Crippen LogP contribution >= 0.6 is 22.9 Å². The Morgan fingerprint density at radius 3 is 2.90 bits per heavy atom. The Bertz CT molecular complexity index is 706. The van der Waals surface area contributed by atoms with Crippen LogP contribution in [0.2, 0.25) is 5.15 Å². The second kappa shape index (κ2) is 6.83. The van der Waals surface area contributed by atoms with Crippen molar-refractivity contribution in [3.63, 3.8) is 0 Å². The molecule has 2 rings (SSSR count). The number of carbonyl (C=O) groups excluding carboxylic acids is 2. The lowest BCUT2D eigenvalue weighted by Crippen LogP contribution is -2.20. The number of thiophene rings is 1. The summed E-state index contributed by atoms with van der Waals surface area (Å²) in [6, 6.07) is 6.43. The van der Waals surface area contributed by atoms with E-state index in [4.69, 9.17) is 21.6 Å². The molecule has 0 aliphatic carbocycles. The zero-order chi connectivity index (χ0) is 15.2. The number of esters is 1. The summed E-state index contributed by atoms with van der Waals surface area (Å²) in [5, 5.41) is 13.7. The van der Waals surface area contributed by atoms with Gasteiger partial charge in [-0.05, 0) is 23.6 Å². The first-order valence-electron chi connectivity index (χ1n) is 5.66. The summed E-state index contributed by atoms with van der Waals surface area (Å²) in [5.41, 5.74) is 0.558. The maximum Gasteiger partial charge on any atom is 0.340 e. The molecule has 0 aromatic carbocycles. The van der Waals surface area contributed by atoms with Crippen LogP contribution in [-0.4, -0.2) is 23.5 Å². The van der Waals surface area contributed by atoms with Crippen molar-refractivity contribution in [3.8, 4) is 6.07 Å².